The van der Waals surface area contributed by atoms with Crippen LogP contribution in [-0.2, 0) is 38.0 Å². The molecule has 98 heavy (non-hydrogen) atoms. The van der Waals surface area contributed by atoms with Gasteiger partial charge in [-0.3, -0.25) is 20.2 Å². The molecule has 3 rings (SSSR count). The van der Waals surface area contributed by atoms with E-state index in [1.165, 1.54) is 6.92 Å². The second kappa shape index (κ2) is 46.7. The number of aliphatic hydroxyl groups is 2. The third-order valence-corrected chi connectivity index (χ3v) is 16.6. The van der Waals surface area contributed by atoms with Gasteiger partial charge in [0, 0.05) is 75.5 Å². The molecule has 0 spiro atoms. The lowest BCUT2D eigenvalue weighted by Crippen LogP contribution is -2.51. The molecule has 0 heterocycles. The number of ether oxygens (including phenoxy) is 6. The van der Waals surface area contributed by atoms with Crippen LogP contribution in [0.5, 0.6) is 0 Å². The third kappa shape index (κ3) is 43.0. The fourth-order valence-corrected chi connectivity index (χ4v) is 13.6. The number of nitrogens with one attached hydrogen (secondary N) is 10. The Morgan fingerprint density at radius 3 is 1.12 bits per heavy atom. The van der Waals surface area contributed by atoms with Gasteiger partial charge in [-0.1, -0.05) is 100 Å². The van der Waals surface area contributed by atoms with E-state index in [0.29, 0.717) is 84.0 Å². The van der Waals surface area contributed by atoms with E-state index in [2.05, 4.69) is 128 Å². The van der Waals surface area contributed by atoms with E-state index in [4.69, 9.17) is 28.4 Å². The van der Waals surface area contributed by atoms with Crippen LogP contribution < -0.4 is 53.2 Å². The zero-order chi connectivity index (χ0) is 74.9. The predicted molar refractivity (Wildman–Crippen MR) is 386 cm³/mol. The number of rotatable bonds is 34. The fraction of sp³-hybridized carbons (Fsp3) is 0.778. The molecule has 0 aliphatic heterocycles. The maximum Gasteiger partial charge on any atom is 1.00 e. The Morgan fingerprint density at radius 1 is 0.449 bits per heavy atom. The van der Waals surface area contributed by atoms with Crippen LogP contribution in [0.4, 0.5) is 28.8 Å². The SMILES string of the molecule is C=C.C=C.CCC(C/C=C/CC(=O)NCNC(C)C)OC(=O)NC1CC(C)(C)CC(C)(CNC(=O)OCC(O)COC(=O)NC2CC(C)(C)CC(C)(CNC(=O)OCC(C)O)C2)C1.CCOC(=O)NC1CC(C)(C)CC(C)(CNC(=O)OC(CC)C/C=C/CC(=O)NCNC(C)C)C1.[H+].[H+]. The minimum absolute atomic E-state index is 0. The van der Waals surface area contributed by atoms with Crippen LogP contribution in [0.3, 0.4) is 0 Å². The Hall–Kier alpha value is -6.64. The Bertz CT molecular complexity index is 2460. The van der Waals surface area contributed by atoms with Gasteiger partial charge in [0.1, 0.15) is 38.1 Å². The summed E-state index contributed by atoms with van der Waals surface area (Å²) >= 11 is 0. The van der Waals surface area contributed by atoms with Gasteiger partial charge in [0.05, 0.1) is 26.0 Å². The van der Waals surface area contributed by atoms with Crippen LogP contribution in [0.25, 0.3) is 0 Å². The molecule has 0 bridgehead atoms. The molecule has 10 unspecified atom stereocenters. The van der Waals surface area contributed by atoms with Crippen LogP contribution in [0.2, 0.25) is 0 Å². The monoisotopic (exact) mass is 1390 g/mol. The lowest BCUT2D eigenvalue weighted by atomic mass is 9.62. The number of hydrogen-bond donors (Lipinski definition) is 12. The summed E-state index contributed by atoms with van der Waals surface area (Å²) < 4.78 is 31.9. The number of alkyl carbamates (subject to hydrolysis) is 6. The lowest BCUT2D eigenvalue weighted by Gasteiger charge is -2.46. The summed E-state index contributed by atoms with van der Waals surface area (Å²) in [7, 11) is 0. The van der Waals surface area contributed by atoms with Gasteiger partial charge in [-0.2, -0.15) is 0 Å². The number of carbonyl (C=O) groups is 8. The zero-order valence-corrected chi connectivity index (χ0v) is 62.9. The van der Waals surface area contributed by atoms with Gasteiger partial charge in [0.15, 0.2) is 0 Å². The van der Waals surface area contributed by atoms with Crippen molar-refractivity contribution in [3.8, 4) is 0 Å². The third-order valence-electron chi connectivity index (χ3n) is 16.6. The van der Waals surface area contributed by atoms with E-state index in [9.17, 15) is 48.6 Å². The molecule has 8 amide bonds. The van der Waals surface area contributed by atoms with Crippen molar-refractivity contribution in [1.82, 2.24) is 53.2 Å². The fourth-order valence-electron chi connectivity index (χ4n) is 13.6. The number of carbonyl (C=O) groups excluding carboxylic acids is 8. The summed E-state index contributed by atoms with van der Waals surface area (Å²) in [6, 6.07) is 0.146. The molecular formula is C72H134N10O16+2. The van der Waals surface area contributed by atoms with E-state index in [1.54, 1.807) is 19.1 Å². The molecule has 0 radical (unpaired) electrons. The van der Waals surface area contributed by atoms with Gasteiger partial charge >= 0.3 is 39.4 Å². The first-order chi connectivity index (χ1) is 45.8. The smallest absolute Gasteiger partial charge is 0.450 e. The lowest BCUT2D eigenvalue weighted by molar-refractivity contribution is -0.121. The average molecular weight is 1400 g/mol. The second-order valence-electron chi connectivity index (χ2n) is 30.2. The molecule has 26 heteroatoms. The first-order valence-electron chi connectivity index (χ1n) is 35.0. The molecule has 0 aromatic rings. The first-order valence-corrected chi connectivity index (χ1v) is 35.0. The van der Waals surface area contributed by atoms with Gasteiger partial charge in [-0.15, -0.1) is 26.3 Å². The number of aliphatic hydroxyl groups excluding tert-OH is 2. The minimum Gasteiger partial charge on any atom is -0.450 e. The summed E-state index contributed by atoms with van der Waals surface area (Å²) in [6.07, 6.45) is 10.9. The van der Waals surface area contributed by atoms with E-state index in [0.717, 1.165) is 38.5 Å². The quantitative estimate of drug-likeness (QED) is 0.0162. The van der Waals surface area contributed by atoms with Gasteiger partial charge in [-0.05, 0) is 145 Å². The Labute approximate surface area is 590 Å². The van der Waals surface area contributed by atoms with E-state index in [-0.39, 0.29) is 123 Å². The van der Waals surface area contributed by atoms with Crippen molar-refractivity contribution in [3.63, 3.8) is 0 Å². The standard InChI is InChI=1S/C42H76N6O11.C26H48N4O5.2C2H4/c1-11-33(14-12-13-15-34(51)46-27-45-28(2)3)59-38(55)48-31-17-40(7,8)24-42(10,19-31)26-44-36(53)57-21-32(50)22-58-37(54)47-30-16-39(5,6)23-41(9,18-30)25-43-35(52)56-20-29(4)49;1-8-21(12-10-11-13-22(31)29-18-28-19(3)4)35-23(32)27-17-26(7)15-20(14-25(5,6)16-26)30-24(33)34-9-2;2*1-2/h12-13,28-33,45,49-50H,11,14-27H2,1-10H3,(H,43,52)(H,44,53)(H,46,51)(H,47,54)(H,48,55);10-11,19-21,28H,8-9,12-18H2,1-7H3,(H,27,32)(H,29,31)(H,30,33);2*1-2H2/p+2/b13-12+;11-10+;;. The topological polar surface area (TPSA) is 353 Å². The largest absolute Gasteiger partial charge is 1.00 e. The van der Waals surface area contributed by atoms with E-state index < -0.39 is 48.8 Å². The highest BCUT2D eigenvalue weighted by molar-refractivity contribution is 5.78. The molecule has 0 saturated heterocycles. The molecule has 3 saturated carbocycles. The van der Waals surface area contributed by atoms with Crippen molar-refractivity contribution in [1.29, 1.82) is 0 Å². The maximum atomic E-state index is 13.0. The Kier molecular flexibility index (Phi) is 43.5. The van der Waals surface area contributed by atoms with Crippen LogP contribution >= 0.6 is 0 Å². The van der Waals surface area contributed by atoms with Crippen molar-refractivity contribution >= 4 is 48.4 Å². The molecule has 26 nitrogen and oxygen atoms in total. The Morgan fingerprint density at radius 2 is 0.776 bits per heavy atom. The van der Waals surface area contributed by atoms with Crippen molar-refractivity contribution in [3.05, 3.63) is 50.6 Å². The predicted octanol–water partition coefficient (Wildman–Crippen LogP) is 11.0. The summed E-state index contributed by atoms with van der Waals surface area (Å²) in [6.45, 7) is 47.6. The second-order valence-corrected chi connectivity index (χ2v) is 30.2. The van der Waals surface area contributed by atoms with Crippen LogP contribution in [0.15, 0.2) is 50.6 Å². The van der Waals surface area contributed by atoms with Crippen molar-refractivity contribution in [2.75, 3.05) is 59.4 Å². The highest BCUT2D eigenvalue weighted by Crippen LogP contribution is 2.48. The normalized spacial score (nSPS) is 23.3. The number of amides is 8. The molecule has 10 atom stereocenters. The minimum atomic E-state index is -1.25. The van der Waals surface area contributed by atoms with E-state index >= 15 is 0 Å². The van der Waals surface area contributed by atoms with Crippen LogP contribution in [0.1, 0.15) is 217 Å². The molecule has 0 aromatic heterocycles. The summed E-state index contributed by atoms with van der Waals surface area (Å²) in [5.74, 6) is -0.148. The molecule has 3 aliphatic carbocycles. The summed E-state index contributed by atoms with van der Waals surface area (Å²) in [4.78, 5) is 98.6. The number of hydrogen-bond acceptors (Lipinski definition) is 18. The van der Waals surface area contributed by atoms with Gasteiger partial charge in [0.2, 0.25) is 11.8 Å². The molecule has 0 aromatic carbocycles. The van der Waals surface area contributed by atoms with Crippen molar-refractivity contribution in [2.45, 2.75) is 269 Å². The van der Waals surface area contributed by atoms with Gasteiger partial charge in [-0.25, -0.2) is 28.8 Å². The Balaban J connectivity index is -0.00000196. The summed E-state index contributed by atoms with van der Waals surface area (Å²) in [5.41, 5.74) is -1.16. The molecule has 3 aliphatic rings. The highest BCUT2D eigenvalue weighted by atomic mass is 16.6. The molecule has 566 valence electrons. The van der Waals surface area contributed by atoms with Gasteiger partial charge < -0.3 is 81.2 Å². The molecular weight excluding hydrogens is 1260 g/mol. The van der Waals surface area contributed by atoms with Crippen LogP contribution in [0, 0.1) is 32.5 Å². The van der Waals surface area contributed by atoms with Gasteiger partial charge in [0.25, 0.3) is 0 Å². The van der Waals surface area contributed by atoms with Crippen molar-refractivity contribution < 1.29 is 79.8 Å². The maximum absolute atomic E-state index is 13.0. The highest BCUT2D eigenvalue weighted by Gasteiger charge is 2.45. The van der Waals surface area contributed by atoms with E-state index in [1.807, 2.05) is 67.5 Å². The van der Waals surface area contributed by atoms with Crippen molar-refractivity contribution in [2.24, 2.45) is 32.5 Å². The summed E-state index contributed by atoms with van der Waals surface area (Å²) in [5, 5.41) is 49.0. The molecule has 12 N–H and O–H groups in total. The first kappa shape index (κ1) is 91.4. The van der Waals surface area contributed by atoms with Crippen LogP contribution in [-0.4, -0.2) is 173 Å². The average Bonchev–Trinajstić information content (AvgIpc) is 0.815. The molecule has 3 fully saturated rings. The zero-order valence-electron chi connectivity index (χ0n) is 64.9.